The number of ether oxygens (including phenoxy) is 1. The minimum atomic E-state index is -4.75. The van der Waals surface area contributed by atoms with Gasteiger partial charge in [0.15, 0.2) is 5.78 Å². The molecule has 1 heterocycles. The van der Waals surface area contributed by atoms with Gasteiger partial charge in [0.05, 0.1) is 22.9 Å². The Bertz CT molecular complexity index is 960. The van der Waals surface area contributed by atoms with Crippen LogP contribution in [0.1, 0.15) is 17.3 Å². The van der Waals surface area contributed by atoms with Crippen molar-refractivity contribution in [3.63, 3.8) is 0 Å². The van der Waals surface area contributed by atoms with Crippen LogP contribution in [0.15, 0.2) is 36.7 Å². The molecule has 0 aliphatic rings. The number of Topliss-reactive ketones (excluding diaryl/α,β-unsaturated/α-hetero) is 1. The number of nitrogen functional groups attached to an aromatic ring is 1. The van der Waals surface area contributed by atoms with E-state index in [1.54, 1.807) is 24.0 Å². The summed E-state index contributed by atoms with van der Waals surface area (Å²) in [4.78, 5) is 16.2. The molecule has 5 nitrogen and oxygen atoms in total. The number of carbonyl (C=O) groups excluding carboxylic acids is 1. The summed E-state index contributed by atoms with van der Waals surface area (Å²) in [6.45, 7) is 1.42. The third-order valence-corrected chi connectivity index (χ3v) is 3.77. The van der Waals surface area contributed by atoms with Gasteiger partial charge in [-0.25, -0.2) is 4.98 Å². The van der Waals surface area contributed by atoms with E-state index in [2.05, 4.69) is 9.72 Å². The summed E-state index contributed by atoms with van der Waals surface area (Å²) in [7, 11) is 1.74. The molecule has 25 heavy (non-hydrogen) atoms. The monoisotopic (exact) mass is 349 g/mol. The molecule has 3 aromatic rings. The van der Waals surface area contributed by atoms with Gasteiger partial charge < -0.3 is 15.0 Å². The SMILES string of the molecule is CC(=O)c1c(N)cc(-c2ccc(OC(F)(F)F)cc2)c2ncn(C)c12. The van der Waals surface area contributed by atoms with Crippen molar-refractivity contribution in [3.8, 4) is 16.9 Å². The van der Waals surface area contributed by atoms with Crippen molar-refractivity contribution in [2.45, 2.75) is 13.3 Å². The van der Waals surface area contributed by atoms with Crippen molar-refractivity contribution in [1.29, 1.82) is 0 Å². The molecule has 1 aromatic heterocycles. The fourth-order valence-corrected chi connectivity index (χ4v) is 2.78. The van der Waals surface area contributed by atoms with E-state index in [-0.39, 0.29) is 17.2 Å². The number of ketones is 1. The van der Waals surface area contributed by atoms with Crippen molar-refractivity contribution in [2.75, 3.05) is 5.73 Å². The highest BCUT2D eigenvalue weighted by Gasteiger charge is 2.31. The Kier molecular flexibility index (Phi) is 3.90. The van der Waals surface area contributed by atoms with E-state index in [1.165, 1.54) is 31.2 Å². The summed E-state index contributed by atoms with van der Waals surface area (Å²) in [5.41, 5.74) is 9.05. The molecule has 0 spiro atoms. The summed E-state index contributed by atoms with van der Waals surface area (Å²) in [5, 5.41) is 0. The predicted octanol–water partition coefficient (Wildman–Crippen LogP) is 3.92. The first-order valence-electron chi connectivity index (χ1n) is 7.28. The molecule has 2 N–H and O–H groups in total. The Hall–Kier alpha value is -3.03. The summed E-state index contributed by atoms with van der Waals surface area (Å²) >= 11 is 0. The molecule has 0 bridgehead atoms. The third-order valence-electron chi connectivity index (χ3n) is 3.77. The van der Waals surface area contributed by atoms with Gasteiger partial charge in [-0.05, 0) is 30.7 Å². The van der Waals surface area contributed by atoms with Gasteiger partial charge in [-0.15, -0.1) is 13.2 Å². The number of rotatable bonds is 3. The lowest BCUT2D eigenvalue weighted by atomic mass is 9.98. The average molecular weight is 349 g/mol. The molecule has 0 amide bonds. The first kappa shape index (κ1) is 16.8. The van der Waals surface area contributed by atoms with Crippen LogP contribution in [0.2, 0.25) is 0 Å². The van der Waals surface area contributed by atoms with Crippen molar-refractivity contribution >= 4 is 22.5 Å². The molecule has 3 rings (SSSR count). The van der Waals surface area contributed by atoms with Gasteiger partial charge >= 0.3 is 6.36 Å². The number of aryl methyl sites for hydroxylation is 1. The zero-order valence-corrected chi connectivity index (χ0v) is 13.4. The number of anilines is 1. The van der Waals surface area contributed by atoms with E-state index < -0.39 is 6.36 Å². The van der Waals surface area contributed by atoms with Crippen LogP contribution in [0, 0.1) is 0 Å². The van der Waals surface area contributed by atoms with Crippen LogP contribution in [0.3, 0.4) is 0 Å². The Morgan fingerprint density at radius 2 is 1.88 bits per heavy atom. The van der Waals surface area contributed by atoms with Gasteiger partial charge in [0, 0.05) is 18.3 Å². The number of imidazole rings is 1. The van der Waals surface area contributed by atoms with Gasteiger partial charge in [-0.2, -0.15) is 0 Å². The topological polar surface area (TPSA) is 70.1 Å². The molecule has 0 radical (unpaired) electrons. The van der Waals surface area contributed by atoms with Crippen molar-refractivity contribution in [1.82, 2.24) is 9.55 Å². The second-order valence-corrected chi connectivity index (χ2v) is 5.57. The van der Waals surface area contributed by atoms with E-state index in [0.29, 0.717) is 27.7 Å². The van der Waals surface area contributed by atoms with Gasteiger partial charge in [0.1, 0.15) is 5.75 Å². The normalized spacial score (nSPS) is 11.7. The first-order chi connectivity index (χ1) is 11.7. The lowest BCUT2D eigenvalue weighted by molar-refractivity contribution is -0.274. The number of halogens is 3. The van der Waals surface area contributed by atoms with E-state index in [1.807, 2.05) is 0 Å². The number of aromatic nitrogens is 2. The average Bonchev–Trinajstić information content (AvgIpc) is 2.87. The number of nitrogens with zero attached hydrogens (tertiary/aromatic N) is 2. The maximum Gasteiger partial charge on any atom is 0.573 e. The van der Waals surface area contributed by atoms with Crippen molar-refractivity contribution < 1.29 is 22.7 Å². The number of nitrogens with two attached hydrogens (primary N) is 1. The zero-order chi connectivity index (χ0) is 18.4. The molecular weight excluding hydrogens is 335 g/mol. The fraction of sp³-hybridized carbons (Fsp3) is 0.176. The molecule has 0 unspecified atom stereocenters. The number of benzene rings is 2. The highest BCUT2D eigenvalue weighted by atomic mass is 19.4. The maximum atomic E-state index is 12.3. The predicted molar refractivity (Wildman–Crippen MR) is 87.2 cm³/mol. The second-order valence-electron chi connectivity index (χ2n) is 5.57. The quantitative estimate of drug-likeness (QED) is 0.575. The summed E-state index contributed by atoms with van der Waals surface area (Å²) in [6, 6.07) is 7.00. The highest BCUT2D eigenvalue weighted by molar-refractivity contribution is 6.13. The Balaban J connectivity index is 2.14. The molecule has 0 aliphatic carbocycles. The molecular formula is C17H14F3N3O2. The minimum absolute atomic E-state index is 0.188. The molecule has 0 saturated carbocycles. The van der Waals surface area contributed by atoms with Gasteiger partial charge in [0.2, 0.25) is 0 Å². The molecule has 130 valence electrons. The molecule has 8 heteroatoms. The highest BCUT2D eigenvalue weighted by Crippen LogP contribution is 2.35. The largest absolute Gasteiger partial charge is 0.573 e. The summed E-state index contributed by atoms with van der Waals surface area (Å²) in [6.07, 6.45) is -3.19. The lowest BCUT2D eigenvalue weighted by Gasteiger charge is -2.12. The first-order valence-corrected chi connectivity index (χ1v) is 7.28. The Morgan fingerprint density at radius 3 is 2.44 bits per heavy atom. The maximum absolute atomic E-state index is 12.3. The fourth-order valence-electron chi connectivity index (χ4n) is 2.78. The van der Waals surface area contributed by atoms with Crippen LogP contribution in [-0.2, 0) is 7.05 Å². The molecule has 0 atom stereocenters. The standard InChI is InChI=1S/C17H14F3N3O2/c1-9(24)14-13(21)7-12(15-16(14)23(2)8-22-15)10-3-5-11(6-4-10)25-17(18,19)20/h3-8H,21H2,1-2H3. The molecule has 0 saturated heterocycles. The van der Waals surface area contributed by atoms with Crippen molar-refractivity contribution in [2.24, 2.45) is 7.05 Å². The van der Waals surface area contributed by atoms with Crippen LogP contribution in [0.4, 0.5) is 18.9 Å². The van der Waals surface area contributed by atoms with Gasteiger partial charge in [-0.1, -0.05) is 12.1 Å². The van der Waals surface area contributed by atoms with Crippen LogP contribution >= 0.6 is 0 Å². The molecule has 0 aliphatic heterocycles. The summed E-state index contributed by atoms with van der Waals surface area (Å²) < 4.78 is 42.4. The van der Waals surface area contributed by atoms with E-state index in [0.717, 1.165) is 0 Å². The minimum Gasteiger partial charge on any atom is -0.406 e. The van der Waals surface area contributed by atoms with E-state index >= 15 is 0 Å². The smallest absolute Gasteiger partial charge is 0.406 e. The van der Waals surface area contributed by atoms with Crippen LogP contribution in [0.25, 0.3) is 22.2 Å². The Labute approximate surface area is 140 Å². The molecule has 2 aromatic carbocycles. The zero-order valence-electron chi connectivity index (χ0n) is 13.4. The van der Waals surface area contributed by atoms with Crippen LogP contribution < -0.4 is 10.5 Å². The van der Waals surface area contributed by atoms with Crippen LogP contribution in [0.5, 0.6) is 5.75 Å². The van der Waals surface area contributed by atoms with Crippen molar-refractivity contribution in [3.05, 3.63) is 42.2 Å². The number of fused-ring (bicyclic) bond motifs is 1. The summed E-state index contributed by atoms with van der Waals surface area (Å²) in [5.74, 6) is -0.506. The van der Waals surface area contributed by atoms with Crippen LogP contribution in [-0.4, -0.2) is 21.7 Å². The third kappa shape index (κ3) is 3.15. The number of alkyl halides is 3. The lowest BCUT2D eigenvalue weighted by Crippen LogP contribution is -2.16. The number of hydrogen-bond donors (Lipinski definition) is 1. The van der Waals surface area contributed by atoms with Gasteiger partial charge in [-0.3, -0.25) is 4.79 Å². The molecule has 0 fully saturated rings. The number of carbonyl (C=O) groups is 1. The Morgan fingerprint density at radius 1 is 1.24 bits per heavy atom. The second kappa shape index (κ2) is 5.80. The van der Waals surface area contributed by atoms with E-state index in [9.17, 15) is 18.0 Å². The van der Waals surface area contributed by atoms with E-state index in [4.69, 9.17) is 5.73 Å². The number of hydrogen-bond acceptors (Lipinski definition) is 4. The van der Waals surface area contributed by atoms with Gasteiger partial charge in [0.25, 0.3) is 0 Å².